The maximum atomic E-state index is 5.76. The second kappa shape index (κ2) is 6.27. The summed E-state index contributed by atoms with van der Waals surface area (Å²) in [4.78, 5) is 2.36. The summed E-state index contributed by atoms with van der Waals surface area (Å²) in [5.74, 6) is 0.870. The standard InChI is InChI=1S/C14H14BrNOS/c1-17-12-3-5-13(6-4-12)18-14-7-2-11(15)8-10(14)9-16/h2-8H,9,16H2,1H3. The number of halogens is 1. The maximum absolute atomic E-state index is 5.76. The predicted octanol–water partition coefficient (Wildman–Crippen LogP) is 4.07. The van der Waals surface area contributed by atoms with E-state index in [2.05, 4.69) is 28.1 Å². The summed E-state index contributed by atoms with van der Waals surface area (Å²) in [6.45, 7) is 0.540. The number of rotatable bonds is 4. The van der Waals surface area contributed by atoms with Gasteiger partial charge in [-0.2, -0.15) is 0 Å². The number of benzene rings is 2. The molecule has 0 heterocycles. The Bertz CT molecular complexity index is 528. The average Bonchev–Trinajstić information content (AvgIpc) is 2.41. The summed E-state index contributed by atoms with van der Waals surface area (Å²) in [5.41, 5.74) is 6.91. The lowest BCUT2D eigenvalue weighted by atomic mass is 10.2. The van der Waals surface area contributed by atoms with Gasteiger partial charge in [0.25, 0.3) is 0 Å². The summed E-state index contributed by atoms with van der Waals surface area (Å²) in [6.07, 6.45) is 0. The van der Waals surface area contributed by atoms with Crippen LogP contribution in [0.25, 0.3) is 0 Å². The van der Waals surface area contributed by atoms with Gasteiger partial charge < -0.3 is 10.5 Å². The lowest BCUT2D eigenvalue weighted by molar-refractivity contribution is 0.414. The van der Waals surface area contributed by atoms with Gasteiger partial charge in [-0.1, -0.05) is 27.7 Å². The monoisotopic (exact) mass is 323 g/mol. The number of nitrogens with two attached hydrogens (primary N) is 1. The maximum Gasteiger partial charge on any atom is 0.118 e. The van der Waals surface area contributed by atoms with Gasteiger partial charge in [0.05, 0.1) is 7.11 Å². The molecule has 94 valence electrons. The van der Waals surface area contributed by atoms with E-state index in [4.69, 9.17) is 10.5 Å². The molecule has 0 bridgehead atoms. The second-order valence-corrected chi connectivity index (χ2v) is 5.76. The minimum atomic E-state index is 0.540. The van der Waals surface area contributed by atoms with Crippen LogP contribution < -0.4 is 10.5 Å². The highest BCUT2D eigenvalue weighted by Gasteiger charge is 2.04. The van der Waals surface area contributed by atoms with Gasteiger partial charge in [0.15, 0.2) is 0 Å². The van der Waals surface area contributed by atoms with E-state index in [9.17, 15) is 0 Å². The molecular weight excluding hydrogens is 310 g/mol. The highest BCUT2D eigenvalue weighted by molar-refractivity contribution is 9.10. The molecule has 2 nitrogen and oxygen atoms in total. The first-order chi connectivity index (χ1) is 8.72. The van der Waals surface area contributed by atoms with E-state index in [1.54, 1.807) is 18.9 Å². The lowest BCUT2D eigenvalue weighted by Gasteiger charge is -2.08. The summed E-state index contributed by atoms with van der Waals surface area (Å²) in [7, 11) is 1.67. The van der Waals surface area contributed by atoms with E-state index in [1.165, 1.54) is 9.79 Å². The predicted molar refractivity (Wildman–Crippen MR) is 79.2 cm³/mol. The van der Waals surface area contributed by atoms with E-state index in [-0.39, 0.29) is 0 Å². The van der Waals surface area contributed by atoms with Gasteiger partial charge in [-0.15, -0.1) is 0 Å². The van der Waals surface area contributed by atoms with Crippen molar-refractivity contribution in [1.29, 1.82) is 0 Å². The Kier molecular flexibility index (Phi) is 4.69. The van der Waals surface area contributed by atoms with Crippen molar-refractivity contribution in [2.24, 2.45) is 5.73 Å². The SMILES string of the molecule is COc1ccc(Sc2ccc(Br)cc2CN)cc1. The first-order valence-electron chi connectivity index (χ1n) is 5.53. The number of hydrogen-bond donors (Lipinski definition) is 1. The molecule has 4 heteroatoms. The molecule has 0 spiro atoms. The molecule has 0 unspecified atom stereocenters. The van der Waals surface area contributed by atoms with E-state index in [1.807, 2.05) is 30.3 Å². The van der Waals surface area contributed by atoms with Crippen molar-refractivity contribution in [3.05, 3.63) is 52.5 Å². The van der Waals surface area contributed by atoms with Crippen molar-refractivity contribution in [3.8, 4) is 5.75 Å². The van der Waals surface area contributed by atoms with E-state index < -0.39 is 0 Å². The Hall–Kier alpha value is -0.970. The Morgan fingerprint density at radius 1 is 1.17 bits per heavy atom. The molecular formula is C14H14BrNOS. The Balaban J connectivity index is 2.22. The third kappa shape index (κ3) is 3.28. The summed E-state index contributed by atoms with van der Waals surface area (Å²) < 4.78 is 6.20. The minimum Gasteiger partial charge on any atom is -0.497 e. The summed E-state index contributed by atoms with van der Waals surface area (Å²) in [5, 5.41) is 0. The average molecular weight is 324 g/mol. The van der Waals surface area contributed by atoms with Crippen LogP contribution in [0.5, 0.6) is 5.75 Å². The molecule has 0 saturated carbocycles. The molecule has 2 aromatic rings. The van der Waals surface area contributed by atoms with Crippen molar-refractivity contribution in [1.82, 2.24) is 0 Å². The van der Waals surface area contributed by atoms with E-state index >= 15 is 0 Å². The van der Waals surface area contributed by atoms with Gasteiger partial charge in [0, 0.05) is 20.8 Å². The largest absolute Gasteiger partial charge is 0.497 e. The number of hydrogen-bond acceptors (Lipinski definition) is 3. The highest BCUT2D eigenvalue weighted by Crippen LogP contribution is 2.32. The van der Waals surface area contributed by atoms with Gasteiger partial charge in [0.2, 0.25) is 0 Å². The molecule has 0 atom stereocenters. The molecule has 2 aromatic carbocycles. The Morgan fingerprint density at radius 3 is 2.50 bits per heavy atom. The normalized spacial score (nSPS) is 10.4. The molecule has 0 radical (unpaired) electrons. The molecule has 0 amide bonds. The van der Waals surface area contributed by atoms with Gasteiger partial charge in [0.1, 0.15) is 5.75 Å². The first-order valence-corrected chi connectivity index (χ1v) is 7.14. The van der Waals surface area contributed by atoms with Crippen molar-refractivity contribution < 1.29 is 4.74 Å². The molecule has 0 aliphatic heterocycles. The molecule has 0 aromatic heterocycles. The van der Waals surface area contributed by atoms with Crippen LogP contribution in [0.3, 0.4) is 0 Å². The van der Waals surface area contributed by atoms with E-state index in [0.717, 1.165) is 15.8 Å². The van der Waals surface area contributed by atoms with Crippen LogP contribution in [0.1, 0.15) is 5.56 Å². The lowest BCUT2D eigenvalue weighted by Crippen LogP contribution is -1.98. The zero-order chi connectivity index (χ0) is 13.0. The van der Waals surface area contributed by atoms with Crippen LogP contribution in [-0.2, 0) is 6.54 Å². The Labute approximate surface area is 120 Å². The van der Waals surface area contributed by atoms with Crippen molar-refractivity contribution in [3.63, 3.8) is 0 Å². The van der Waals surface area contributed by atoms with Crippen LogP contribution in [0.15, 0.2) is 56.7 Å². The van der Waals surface area contributed by atoms with Crippen molar-refractivity contribution in [2.45, 2.75) is 16.3 Å². The molecule has 2 N–H and O–H groups in total. The number of methoxy groups -OCH3 is 1. The minimum absolute atomic E-state index is 0.540. The molecule has 18 heavy (non-hydrogen) atoms. The first kappa shape index (κ1) is 13.5. The van der Waals surface area contributed by atoms with Crippen molar-refractivity contribution >= 4 is 27.7 Å². The quantitative estimate of drug-likeness (QED) is 0.921. The number of ether oxygens (including phenoxy) is 1. The van der Waals surface area contributed by atoms with Gasteiger partial charge in [-0.25, -0.2) is 0 Å². The Morgan fingerprint density at radius 2 is 1.89 bits per heavy atom. The molecule has 0 fully saturated rings. The second-order valence-electron chi connectivity index (χ2n) is 3.73. The highest BCUT2D eigenvalue weighted by atomic mass is 79.9. The fourth-order valence-corrected chi connectivity index (χ4v) is 2.92. The van der Waals surface area contributed by atoms with Gasteiger partial charge in [-0.3, -0.25) is 0 Å². The zero-order valence-electron chi connectivity index (χ0n) is 10.0. The topological polar surface area (TPSA) is 35.2 Å². The fourth-order valence-electron chi connectivity index (χ4n) is 1.58. The third-order valence-electron chi connectivity index (χ3n) is 2.53. The van der Waals surface area contributed by atoms with Crippen LogP contribution in [0, 0.1) is 0 Å². The molecule has 2 rings (SSSR count). The van der Waals surface area contributed by atoms with Crippen LogP contribution in [0.2, 0.25) is 0 Å². The van der Waals surface area contributed by atoms with Crippen LogP contribution >= 0.6 is 27.7 Å². The van der Waals surface area contributed by atoms with Gasteiger partial charge >= 0.3 is 0 Å². The molecule has 0 saturated heterocycles. The zero-order valence-corrected chi connectivity index (χ0v) is 12.4. The van der Waals surface area contributed by atoms with Crippen LogP contribution in [0.4, 0.5) is 0 Å². The fraction of sp³-hybridized carbons (Fsp3) is 0.143. The van der Waals surface area contributed by atoms with E-state index in [0.29, 0.717) is 6.54 Å². The molecule has 0 aliphatic rings. The third-order valence-corrected chi connectivity index (χ3v) is 4.15. The summed E-state index contributed by atoms with van der Waals surface area (Å²) in [6, 6.07) is 14.2. The summed E-state index contributed by atoms with van der Waals surface area (Å²) >= 11 is 5.17. The molecule has 0 aliphatic carbocycles. The van der Waals surface area contributed by atoms with Gasteiger partial charge in [-0.05, 0) is 48.0 Å². The van der Waals surface area contributed by atoms with Crippen molar-refractivity contribution in [2.75, 3.05) is 7.11 Å². The van der Waals surface area contributed by atoms with Crippen LogP contribution in [-0.4, -0.2) is 7.11 Å². The smallest absolute Gasteiger partial charge is 0.118 e.